The number of hydrogen-bond acceptors (Lipinski definition) is 2. The van der Waals surface area contributed by atoms with Crippen LogP contribution in [0.5, 0.6) is 0 Å². The van der Waals surface area contributed by atoms with Gasteiger partial charge in [-0.1, -0.05) is 0 Å². The predicted molar refractivity (Wildman–Crippen MR) is 30.2 cm³/mol. The van der Waals surface area contributed by atoms with Gasteiger partial charge in [-0.2, -0.15) is 0 Å². The van der Waals surface area contributed by atoms with Gasteiger partial charge in [-0.25, -0.2) is 4.79 Å². The topological polar surface area (TPSA) is 63.3 Å². The zero-order valence-corrected chi connectivity index (χ0v) is 4.93. The number of aliphatic carboxylic acids is 1. The van der Waals surface area contributed by atoms with E-state index in [0.29, 0.717) is 5.70 Å². The lowest BCUT2D eigenvalue weighted by Gasteiger charge is -1.92. The van der Waals surface area contributed by atoms with Crippen LogP contribution >= 0.6 is 0 Å². The molecule has 0 heterocycles. The number of carboxylic acids is 1. The Hall–Kier alpha value is -0.990. The summed E-state index contributed by atoms with van der Waals surface area (Å²) in [6.07, 6.45) is 0. The van der Waals surface area contributed by atoms with E-state index in [9.17, 15) is 4.79 Å². The van der Waals surface area contributed by atoms with Crippen LogP contribution in [0.3, 0.4) is 0 Å². The van der Waals surface area contributed by atoms with Crippen molar-refractivity contribution in [1.29, 1.82) is 0 Å². The molecule has 0 bridgehead atoms. The molecule has 0 aliphatic heterocycles. The molecule has 0 atom stereocenters. The smallest absolute Gasteiger partial charge is 0.333 e. The van der Waals surface area contributed by atoms with Crippen LogP contribution in [-0.2, 0) is 4.79 Å². The third kappa shape index (κ3) is 1.64. The summed E-state index contributed by atoms with van der Waals surface area (Å²) in [6, 6.07) is 0. The molecule has 0 aromatic rings. The first-order valence-electron chi connectivity index (χ1n) is 2.22. The maximum atomic E-state index is 10.0. The molecule has 8 heavy (non-hydrogen) atoms. The summed E-state index contributed by atoms with van der Waals surface area (Å²) < 4.78 is 0. The minimum atomic E-state index is -0.954. The molecule has 0 unspecified atom stereocenters. The van der Waals surface area contributed by atoms with Crippen LogP contribution in [0.4, 0.5) is 0 Å². The molecule has 0 aliphatic rings. The number of nitrogens with two attached hydrogens (primary N) is 1. The van der Waals surface area contributed by atoms with Crippen LogP contribution in [0, 0.1) is 0 Å². The number of carbonyl (C=O) groups is 1. The first-order valence-corrected chi connectivity index (χ1v) is 2.22. The maximum Gasteiger partial charge on any atom is 0.333 e. The molecule has 3 nitrogen and oxygen atoms in total. The molecule has 0 saturated carbocycles. The Kier molecular flexibility index (Phi) is 2.06. The molecule has 0 aliphatic carbocycles. The van der Waals surface area contributed by atoms with E-state index in [1.807, 2.05) is 0 Å². The van der Waals surface area contributed by atoms with Crippen molar-refractivity contribution in [1.82, 2.24) is 0 Å². The standard InChI is InChI=1S/C5H9NO2/c1-3(4(2)6)5(7)8/h6H2,1-2H3,(H,7,8)/b4-3-. The van der Waals surface area contributed by atoms with E-state index in [-0.39, 0.29) is 5.57 Å². The molecule has 0 amide bonds. The van der Waals surface area contributed by atoms with Gasteiger partial charge in [0.15, 0.2) is 0 Å². The van der Waals surface area contributed by atoms with Gasteiger partial charge in [-0.15, -0.1) is 0 Å². The van der Waals surface area contributed by atoms with Crippen molar-refractivity contribution in [3.05, 3.63) is 11.3 Å². The van der Waals surface area contributed by atoms with Gasteiger partial charge in [-0.3, -0.25) is 0 Å². The van der Waals surface area contributed by atoms with Gasteiger partial charge in [0.05, 0.1) is 5.57 Å². The summed E-state index contributed by atoms with van der Waals surface area (Å²) in [5.41, 5.74) is 5.71. The highest BCUT2D eigenvalue weighted by Crippen LogP contribution is 1.94. The van der Waals surface area contributed by atoms with Crippen LogP contribution in [0.15, 0.2) is 11.3 Å². The van der Waals surface area contributed by atoms with Gasteiger partial charge in [0.25, 0.3) is 0 Å². The van der Waals surface area contributed by atoms with Gasteiger partial charge >= 0.3 is 5.97 Å². The predicted octanol–water partition coefficient (Wildman–Crippen LogP) is 0.324. The summed E-state index contributed by atoms with van der Waals surface area (Å²) in [7, 11) is 0. The Morgan fingerprint density at radius 2 is 1.88 bits per heavy atom. The highest BCUT2D eigenvalue weighted by molar-refractivity contribution is 5.86. The zero-order chi connectivity index (χ0) is 6.73. The minimum absolute atomic E-state index is 0.213. The summed E-state index contributed by atoms with van der Waals surface area (Å²) in [6.45, 7) is 3.03. The average molecular weight is 115 g/mol. The lowest BCUT2D eigenvalue weighted by atomic mass is 10.2. The molecule has 0 aromatic heterocycles. The third-order valence-electron chi connectivity index (χ3n) is 0.912. The highest BCUT2D eigenvalue weighted by Gasteiger charge is 1.99. The Balaban J connectivity index is 4.23. The summed E-state index contributed by atoms with van der Waals surface area (Å²) in [5.74, 6) is -0.954. The molecule has 0 radical (unpaired) electrons. The normalized spacial score (nSPS) is 12.8. The van der Waals surface area contributed by atoms with Crippen LogP contribution in [0.25, 0.3) is 0 Å². The van der Waals surface area contributed by atoms with Crippen LogP contribution in [0.2, 0.25) is 0 Å². The van der Waals surface area contributed by atoms with Gasteiger partial charge < -0.3 is 10.8 Å². The van der Waals surface area contributed by atoms with Crippen molar-refractivity contribution >= 4 is 5.97 Å². The minimum Gasteiger partial charge on any atom is -0.478 e. The van der Waals surface area contributed by atoms with Crippen molar-refractivity contribution in [2.75, 3.05) is 0 Å². The largest absolute Gasteiger partial charge is 0.478 e. The van der Waals surface area contributed by atoms with E-state index >= 15 is 0 Å². The summed E-state index contributed by atoms with van der Waals surface area (Å²) >= 11 is 0. The second-order valence-corrected chi connectivity index (χ2v) is 1.61. The number of hydrogen-bond donors (Lipinski definition) is 2. The fraction of sp³-hybridized carbons (Fsp3) is 0.400. The monoisotopic (exact) mass is 115 g/mol. The number of allylic oxidation sites excluding steroid dienone is 1. The van der Waals surface area contributed by atoms with E-state index in [2.05, 4.69) is 0 Å². The lowest BCUT2D eigenvalue weighted by Crippen LogP contribution is -2.04. The third-order valence-corrected chi connectivity index (χ3v) is 0.912. The Bertz CT molecular complexity index is 133. The molecule has 3 N–H and O–H groups in total. The van der Waals surface area contributed by atoms with Gasteiger partial charge in [-0.05, 0) is 13.8 Å². The second-order valence-electron chi connectivity index (χ2n) is 1.61. The average Bonchev–Trinajstić information content (AvgIpc) is 1.64. The number of rotatable bonds is 1. The van der Waals surface area contributed by atoms with E-state index in [1.165, 1.54) is 6.92 Å². The molecule has 0 aromatic carbocycles. The molecule has 0 fully saturated rings. The maximum absolute atomic E-state index is 10.0. The molecular formula is C5H9NO2. The van der Waals surface area contributed by atoms with E-state index in [0.717, 1.165) is 0 Å². The fourth-order valence-corrected chi connectivity index (χ4v) is 0.169. The van der Waals surface area contributed by atoms with E-state index in [4.69, 9.17) is 10.8 Å². The number of carboxylic acid groups (broad SMARTS) is 1. The molecule has 0 saturated heterocycles. The Morgan fingerprint density at radius 3 is 1.88 bits per heavy atom. The van der Waals surface area contributed by atoms with Gasteiger partial charge in [0.2, 0.25) is 0 Å². The summed E-state index contributed by atoms with van der Waals surface area (Å²) in [4.78, 5) is 10.0. The van der Waals surface area contributed by atoms with Crippen LogP contribution in [0.1, 0.15) is 13.8 Å². The lowest BCUT2D eigenvalue weighted by molar-refractivity contribution is -0.132. The van der Waals surface area contributed by atoms with Crippen molar-refractivity contribution in [2.24, 2.45) is 5.73 Å². The highest BCUT2D eigenvalue weighted by atomic mass is 16.4. The first kappa shape index (κ1) is 7.01. The van der Waals surface area contributed by atoms with E-state index < -0.39 is 5.97 Å². The van der Waals surface area contributed by atoms with Crippen molar-refractivity contribution in [3.8, 4) is 0 Å². The SMILES string of the molecule is C/C(N)=C(\C)C(=O)O. The molecule has 0 rings (SSSR count). The summed E-state index contributed by atoms with van der Waals surface area (Å²) in [5, 5.41) is 8.21. The first-order chi connectivity index (χ1) is 3.55. The van der Waals surface area contributed by atoms with E-state index in [1.54, 1.807) is 6.92 Å². The van der Waals surface area contributed by atoms with Crippen molar-refractivity contribution in [3.63, 3.8) is 0 Å². The fourth-order valence-electron chi connectivity index (χ4n) is 0.169. The zero-order valence-electron chi connectivity index (χ0n) is 4.93. The van der Waals surface area contributed by atoms with Crippen molar-refractivity contribution < 1.29 is 9.90 Å². The molecular weight excluding hydrogens is 106 g/mol. The van der Waals surface area contributed by atoms with Crippen LogP contribution in [-0.4, -0.2) is 11.1 Å². The Labute approximate surface area is 47.8 Å². The van der Waals surface area contributed by atoms with Gasteiger partial charge in [0.1, 0.15) is 0 Å². The molecule has 0 spiro atoms. The quantitative estimate of drug-likeness (QED) is 0.484. The van der Waals surface area contributed by atoms with Crippen LogP contribution < -0.4 is 5.73 Å². The molecule has 46 valence electrons. The molecule has 3 heteroatoms. The Morgan fingerprint density at radius 1 is 1.50 bits per heavy atom. The van der Waals surface area contributed by atoms with Crippen molar-refractivity contribution in [2.45, 2.75) is 13.8 Å². The second kappa shape index (κ2) is 2.35. The van der Waals surface area contributed by atoms with Gasteiger partial charge in [0, 0.05) is 5.70 Å².